The van der Waals surface area contributed by atoms with E-state index in [1.165, 1.54) is 11.1 Å². The van der Waals surface area contributed by atoms with Gasteiger partial charge in [0.1, 0.15) is 18.0 Å². The molecule has 0 fully saturated rings. The highest BCUT2D eigenvalue weighted by Crippen LogP contribution is 2.26. The van der Waals surface area contributed by atoms with Crippen molar-refractivity contribution in [2.75, 3.05) is 17.2 Å². The molecule has 1 heterocycles. The molecule has 1 atom stereocenters. The topological polar surface area (TPSA) is 49.8 Å². The van der Waals surface area contributed by atoms with Gasteiger partial charge >= 0.3 is 0 Å². The first-order valence-electron chi connectivity index (χ1n) is 7.57. The lowest BCUT2D eigenvalue weighted by Crippen LogP contribution is -2.13. The van der Waals surface area contributed by atoms with Crippen LogP contribution in [-0.2, 0) is 6.42 Å². The smallest absolute Gasteiger partial charge is 0.135 e. The number of nitrogens with one attached hydrogen (secondary N) is 2. The summed E-state index contributed by atoms with van der Waals surface area (Å²) in [5, 5.41) is 6.83. The standard InChI is InChI=1S/C17H24N4/c1-5-14-16(18-6-2)19-11-20-17(14)21-13(4)15-10-8-7-9-12(15)3/h7-11,13H,5-6H2,1-4H3,(H2,18,19,20,21). The maximum absolute atomic E-state index is 4.43. The van der Waals surface area contributed by atoms with Gasteiger partial charge in [0.25, 0.3) is 0 Å². The largest absolute Gasteiger partial charge is 0.370 e. The Kier molecular flexibility index (Phi) is 5.14. The molecule has 0 radical (unpaired) electrons. The summed E-state index contributed by atoms with van der Waals surface area (Å²) in [6.45, 7) is 9.36. The van der Waals surface area contributed by atoms with Crippen LogP contribution in [0.15, 0.2) is 30.6 Å². The summed E-state index contributed by atoms with van der Waals surface area (Å²) in [4.78, 5) is 8.76. The molecule has 0 saturated carbocycles. The summed E-state index contributed by atoms with van der Waals surface area (Å²) in [5.41, 5.74) is 3.72. The van der Waals surface area contributed by atoms with E-state index in [1.807, 2.05) is 0 Å². The lowest BCUT2D eigenvalue weighted by atomic mass is 10.0. The SMILES string of the molecule is CCNc1ncnc(NC(C)c2ccccc2C)c1CC. The summed E-state index contributed by atoms with van der Waals surface area (Å²) < 4.78 is 0. The number of rotatable bonds is 6. The first-order chi connectivity index (χ1) is 10.2. The van der Waals surface area contributed by atoms with Crippen LogP contribution in [0.3, 0.4) is 0 Å². The van der Waals surface area contributed by atoms with Gasteiger partial charge < -0.3 is 10.6 Å². The van der Waals surface area contributed by atoms with Crippen LogP contribution < -0.4 is 10.6 Å². The number of hydrogen-bond acceptors (Lipinski definition) is 4. The Morgan fingerprint density at radius 3 is 2.48 bits per heavy atom. The van der Waals surface area contributed by atoms with E-state index in [9.17, 15) is 0 Å². The highest BCUT2D eigenvalue weighted by atomic mass is 15.1. The Morgan fingerprint density at radius 1 is 1.10 bits per heavy atom. The van der Waals surface area contributed by atoms with Crippen molar-refractivity contribution >= 4 is 11.6 Å². The van der Waals surface area contributed by atoms with Gasteiger partial charge in [0.05, 0.1) is 6.04 Å². The molecule has 4 nitrogen and oxygen atoms in total. The second-order valence-corrected chi connectivity index (χ2v) is 5.16. The van der Waals surface area contributed by atoms with Gasteiger partial charge in [0.2, 0.25) is 0 Å². The number of anilines is 2. The molecular weight excluding hydrogens is 260 g/mol. The summed E-state index contributed by atoms with van der Waals surface area (Å²) in [6, 6.07) is 8.65. The van der Waals surface area contributed by atoms with Crippen LogP contribution in [0.2, 0.25) is 0 Å². The molecule has 1 aromatic heterocycles. The average molecular weight is 284 g/mol. The Bertz CT molecular complexity index is 595. The third-order valence-corrected chi connectivity index (χ3v) is 3.65. The third kappa shape index (κ3) is 3.51. The first-order valence-corrected chi connectivity index (χ1v) is 7.57. The Labute approximate surface area is 127 Å². The lowest BCUT2D eigenvalue weighted by Gasteiger charge is -2.20. The average Bonchev–Trinajstić information content (AvgIpc) is 2.48. The van der Waals surface area contributed by atoms with Crippen molar-refractivity contribution in [3.05, 3.63) is 47.3 Å². The third-order valence-electron chi connectivity index (χ3n) is 3.65. The van der Waals surface area contributed by atoms with Crippen LogP contribution in [0, 0.1) is 6.92 Å². The molecule has 112 valence electrons. The van der Waals surface area contributed by atoms with Gasteiger partial charge in [0, 0.05) is 12.1 Å². The molecule has 0 bridgehead atoms. The fourth-order valence-corrected chi connectivity index (χ4v) is 2.55. The van der Waals surface area contributed by atoms with E-state index < -0.39 is 0 Å². The van der Waals surface area contributed by atoms with E-state index in [0.29, 0.717) is 0 Å². The minimum Gasteiger partial charge on any atom is -0.370 e. The fraction of sp³-hybridized carbons (Fsp3) is 0.412. The van der Waals surface area contributed by atoms with Crippen LogP contribution in [0.4, 0.5) is 11.6 Å². The highest BCUT2D eigenvalue weighted by Gasteiger charge is 2.13. The number of aromatic nitrogens is 2. The van der Waals surface area contributed by atoms with Crippen molar-refractivity contribution in [1.82, 2.24) is 9.97 Å². The van der Waals surface area contributed by atoms with E-state index in [0.717, 1.165) is 30.2 Å². The van der Waals surface area contributed by atoms with Crippen molar-refractivity contribution in [2.45, 2.75) is 40.2 Å². The summed E-state index contributed by atoms with van der Waals surface area (Å²) in [6.07, 6.45) is 2.51. The number of benzene rings is 1. The van der Waals surface area contributed by atoms with Gasteiger partial charge in [-0.1, -0.05) is 31.2 Å². The maximum atomic E-state index is 4.43. The lowest BCUT2D eigenvalue weighted by molar-refractivity contribution is 0.854. The van der Waals surface area contributed by atoms with Crippen molar-refractivity contribution in [3.63, 3.8) is 0 Å². The minimum atomic E-state index is 0.209. The van der Waals surface area contributed by atoms with Gasteiger partial charge in [-0.3, -0.25) is 0 Å². The molecule has 0 aliphatic rings. The molecule has 4 heteroatoms. The summed E-state index contributed by atoms with van der Waals surface area (Å²) in [7, 11) is 0. The highest BCUT2D eigenvalue weighted by molar-refractivity contribution is 5.58. The molecule has 0 aliphatic carbocycles. The van der Waals surface area contributed by atoms with E-state index in [2.05, 4.69) is 72.6 Å². The zero-order valence-corrected chi connectivity index (χ0v) is 13.3. The van der Waals surface area contributed by atoms with Crippen molar-refractivity contribution in [3.8, 4) is 0 Å². The van der Waals surface area contributed by atoms with Gasteiger partial charge in [0.15, 0.2) is 0 Å². The van der Waals surface area contributed by atoms with Crippen LogP contribution in [0.1, 0.15) is 43.5 Å². The van der Waals surface area contributed by atoms with E-state index in [1.54, 1.807) is 6.33 Å². The fourth-order valence-electron chi connectivity index (χ4n) is 2.55. The van der Waals surface area contributed by atoms with Crippen molar-refractivity contribution < 1.29 is 0 Å². The molecule has 0 amide bonds. The molecule has 1 aromatic carbocycles. The van der Waals surface area contributed by atoms with Gasteiger partial charge in [-0.25, -0.2) is 9.97 Å². The normalized spacial score (nSPS) is 12.0. The zero-order chi connectivity index (χ0) is 15.2. The molecule has 1 unspecified atom stereocenters. The Morgan fingerprint density at radius 2 is 1.81 bits per heavy atom. The second-order valence-electron chi connectivity index (χ2n) is 5.16. The second kappa shape index (κ2) is 7.07. The number of aryl methyl sites for hydroxylation is 1. The molecule has 0 aliphatic heterocycles. The summed E-state index contributed by atoms with van der Waals surface area (Å²) >= 11 is 0. The zero-order valence-electron chi connectivity index (χ0n) is 13.3. The van der Waals surface area contributed by atoms with Gasteiger partial charge in [-0.05, 0) is 38.3 Å². The van der Waals surface area contributed by atoms with Crippen LogP contribution >= 0.6 is 0 Å². The quantitative estimate of drug-likeness (QED) is 0.843. The van der Waals surface area contributed by atoms with E-state index >= 15 is 0 Å². The minimum absolute atomic E-state index is 0.209. The Balaban J connectivity index is 2.27. The number of nitrogens with zero attached hydrogens (tertiary/aromatic N) is 2. The van der Waals surface area contributed by atoms with E-state index in [-0.39, 0.29) is 6.04 Å². The summed E-state index contributed by atoms with van der Waals surface area (Å²) in [5.74, 6) is 1.84. The van der Waals surface area contributed by atoms with Gasteiger partial charge in [-0.2, -0.15) is 0 Å². The van der Waals surface area contributed by atoms with Crippen LogP contribution in [0.5, 0.6) is 0 Å². The molecule has 2 N–H and O–H groups in total. The van der Waals surface area contributed by atoms with E-state index in [4.69, 9.17) is 0 Å². The molecule has 2 aromatic rings. The van der Waals surface area contributed by atoms with Crippen molar-refractivity contribution in [1.29, 1.82) is 0 Å². The maximum Gasteiger partial charge on any atom is 0.135 e. The Hall–Kier alpha value is -2.10. The first kappa shape index (κ1) is 15.3. The van der Waals surface area contributed by atoms with Crippen LogP contribution in [0.25, 0.3) is 0 Å². The predicted molar refractivity (Wildman–Crippen MR) is 88.8 cm³/mol. The van der Waals surface area contributed by atoms with Crippen molar-refractivity contribution in [2.24, 2.45) is 0 Å². The molecular formula is C17H24N4. The molecule has 2 rings (SSSR count). The molecule has 0 spiro atoms. The van der Waals surface area contributed by atoms with Crippen LogP contribution in [-0.4, -0.2) is 16.5 Å². The molecule has 0 saturated heterocycles. The number of hydrogen-bond donors (Lipinski definition) is 2. The van der Waals surface area contributed by atoms with Gasteiger partial charge in [-0.15, -0.1) is 0 Å². The predicted octanol–water partition coefficient (Wildman–Crippen LogP) is 3.95. The monoisotopic (exact) mass is 284 g/mol. The molecule has 21 heavy (non-hydrogen) atoms.